The lowest BCUT2D eigenvalue weighted by atomic mass is 10.00. The molecule has 2 nitrogen and oxygen atoms in total. The van der Waals surface area contributed by atoms with E-state index in [-0.39, 0.29) is 6.04 Å². The molecular formula is C12H12Cl2N2S. The third-order valence-corrected chi connectivity index (χ3v) is 4.19. The highest BCUT2D eigenvalue weighted by atomic mass is 35.5. The van der Waals surface area contributed by atoms with Crippen molar-refractivity contribution in [2.75, 3.05) is 0 Å². The van der Waals surface area contributed by atoms with Crippen molar-refractivity contribution >= 4 is 34.5 Å². The minimum atomic E-state index is -0.178. The Kier molecular flexibility index (Phi) is 4.07. The van der Waals surface area contributed by atoms with Gasteiger partial charge in [-0.15, -0.1) is 11.3 Å². The number of aryl methyl sites for hydroxylation is 1. The van der Waals surface area contributed by atoms with Gasteiger partial charge in [-0.25, -0.2) is 5.43 Å². The van der Waals surface area contributed by atoms with E-state index in [2.05, 4.69) is 12.3 Å². The molecule has 0 radical (unpaired) electrons. The summed E-state index contributed by atoms with van der Waals surface area (Å²) in [6.07, 6.45) is 0. The summed E-state index contributed by atoms with van der Waals surface area (Å²) in [4.78, 5) is 1.20. The maximum Gasteiger partial charge on any atom is 0.0749 e. The van der Waals surface area contributed by atoms with E-state index in [1.165, 1.54) is 4.88 Å². The predicted molar refractivity (Wildman–Crippen MR) is 74.7 cm³/mol. The fourth-order valence-electron chi connectivity index (χ4n) is 1.81. The standard InChI is InChI=1S/C12H12Cl2N2S/c1-7-8(5-6-17-7)12(16-15)11-9(13)3-2-4-10(11)14/h2-6,12,16H,15H2,1H3. The van der Waals surface area contributed by atoms with E-state index in [4.69, 9.17) is 29.0 Å². The van der Waals surface area contributed by atoms with Crippen molar-refractivity contribution in [2.45, 2.75) is 13.0 Å². The van der Waals surface area contributed by atoms with Crippen molar-refractivity contribution < 1.29 is 0 Å². The summed E-state index contributed by atoms with van der Waals surface area (Å²) in [5.41, 5.74) is 4.70. The van der Waals surface area contributed by atoms with Gasteiger partial charge in [0.2, 0.25) is 0 Å². The van der Waals surface area contributed by atoms with Crippen LogP contribution < -0.4 is 11.3 Å². The zero-order valence-electron chi connectivity index (χ0n) is 9.21. The predicted octanol–water partition coefficient (Wildman–Crippen LogP) is 3.92. The molecule has 0 aliphatic carbocycles. The minimum absolute atomic E-state index is 0.178. The van der Waals surface area contributed by atoms with Gasteiger partial charge < -0.3 is 0 Å². The molecule has 1 aromatic heterocycles. The van der Waals surface area contributed by atoms with Gasteiger partial charge in [-0.3, -0.25) is 5.84 Å². The molecule has 1 aromatic carbocycles. The molecule has 1 atom stereocenters. The number of hydrazine groups is 1. The molecular weight excluding hydrogens is 275 g/mol. The smallest absolute Gasteiger partial charge is 0.0749 e. The largest absolute Gasteiger partial charge is 0.271 e. The summed E-state index contributed by atoms with van der Waals surface area (Å²) >= 11 is 14.1. The summed E-state index contributed by atoms with van der Waals surface area (Å²) < 4.78 is 0. The fourth-order valence-corrected chi connectivity index (χ4v) is 3.17. The van der Waals surface area contributed by atoms with Crippen LogP contribution in [0.4, 0.5) is 0 Å². The van der Waals surface area contributed by atoms with Crippen LogP contribution in [-0.2, 0) is 0 Å². The Hall–Kier alpha value is -0.580. The Morgan fingerprint density at radius 3 is 2.35 bits per heavy atom. The van der Waals surface area contributed by atoms with E-state index < -0.39 is 0 Å². The molecule has 90 valence electrons. The van der Waals surface area contributed by atoms with Crippen molar-refractivity contribution in [2.24, 2.45) is 5.84 Å². The van der Waals surface area contributed by atoms with E-state index in [0.717, 1.165) is 11.1 Å². The lowest BCUT2D eigenvalue weighted by molar-refractivity contribution is 0.636. The van der Waals surface area contributed by atoms with Crippen LogP contribution in [0.15, 0.2) is 29.6 Å². The van der Waals surface area contributed by atoms with E-state index >= 15 is 0 Å². The molecule has 5 heteroatoms. The third-order valence-electron chi connectivity index (χ3n) is 2.66. The first-order chi connectivity index (χ1) is 8.15. The number of nitrogens with two attached hydrogens (primary N) is 1. The SMILES string of the molecule is Cc1sccc1C(NN)c1c(Cl)cccc1Cl. The molecule has 2 rings (SSSR count). The molecule has 17 heavy (non-hydrogen) atoms. The van der Waals surface area contributed by atoms with Crippen LogP contribution in [0.5, 0.6) is 0 Å². The van der Waals surface area contributed by atoms with Gasteiger partial charge in [-0.2, -0.15) is 0 Å². The van der Waals surface area contributed by atoms with Crippen LogP contribution >= 0.6 is 34.5 Å². The Labute approximate surface area is 114 Å². The monoisotopic (exact) mass is 286 g/mol. The van der Waals surface area contributed by atoms with Crippen LogP contribution in [0.2, 0.25) is 10.0 Å². The molecule has 0 aliphatic rings. The maximum absolute atomic E-state index is 6.20. The molecule has 0 saturated carbocycles. The van der Waals surface area contributed by atoms with Gasteiger partial charge in [0, 0.05) is 20.5 Å². The highest BCUT2D eigenvalue weighted by Gasteiger charge is 2.20. The molecule has 3 N–H and O–H groups in total. The second-order valence-corrected chi connectivity index (χ2v) is 5.60. The molecule has 2 aromatic rings. The van der Waals surface area contributed by atoms with Crippen molar-refractivity contribution in [3.8, 4) is 0 Å². The number of nitrogens with one attached hydrogen (secondary N) is 1. The lowest BCUT2D eigenvalue weighted by Gasteiger charge is -2.19. The first-order valence-corrected chi connectivity index (χ1v) is 6.72. The summed E-state index contributed by atoms with van der Waals surface area (Å²) in [5.74, 6) is 5.64. The number of halogens is 2. The lowest BCUT2D eigenvalue weighted by Crippen LogP contribution is -2.29. The van der Waals surface area contributed by atoms with Gasteiger partial charge >= 0.3 is 0 Å². The van der Waals surface area contributed by atoms with E-state index in [1.807, 2.05) is 29.6 Å². The normalized spacial score (nSPS) is 12.7. The van der Waals surface area contributed by atoms with Crippen LogP contribution in [0.1, 0.15) is 22.0 Å². The highest BCUT2D eigenvalue weighted by Crippen LogP contribution is 2.35. The molecule has 1 unspecified atom stereocenters. The molecule has 0 spiro atoms. The average molecular weight is 287 g/mol. The molecule has 1 heterocycles. The van der Waals surface area contributed by atoms with Crippen molar-refractivity contribution in [1.82, 2.24) is 5.43 Å². The zero-order valence-corrected chi connectivity index (χ0v) is 11.5. The highest BCUT2D eigenvalue weighted by molar-refractivity contribution is 7.10. The Balaban J connectivity index is 2.53. The van der Waals surface area contributed by atoms with E-state index in [1.54, 1.807) is 11.3 Å². The zero-order chi connectivity index (χ0) is 12.4. The number of thiophene rings is 1. The first-order valence-electron chi connectivity index (χ1n) is 5.09. The fraction of sp³-hybridized carbons (Fsp3) is 0.167. The number of benzene rings is 1. The van der Waals surface area contributed by atoms with Gasteiger partial charge in [0.05, 0.1) is 6.04 Å². The average Bonchev–Trinajstić information content (AvgIpc) is 2.70. The number of hydrogen-bond donors (Lipinski definition) is 2. The van der Waals surface area contributed by atoms with Crippen LogP contribution in [0.25, 0.3) is 0 Å². The van der Waals surface area contributed by atoms with Gasteiger partial charge in [0.25, 0.3) is 0 Å². The van der Waals surface area contributed by atoms with Gasteiger partial charge in [-0.05, 0) is 36.1 Å². The Morgan fingerprint density at radius 2 is 1.88 bits per heavy atom. The van der Waals surface area contributed by atoms with Gasteiger partial charge in [0.1, 0.15) is 0 Å². The van der Waals surface area contributed by atoms with Crippen molar-refractivity contribution in [3.63, 3.8) is 0 Å². The second-order valence-electron chi connectivity index (χ2n) is 3.67. The molecule has 0 bridgehead atoms. The summed E-state index contributed by atoms with van der Waals surface area (Å²) in [6.45, 7) is 2.05. The molecule has 0 fully saturated rings. The van der Waals surface area contributed by atoms with E-state index in [0.29, 0.717) is 10.0 Å². The number of rotatable bonds is 3. The summed E-state index contributed by atoms with van der Waals surface area (Å²) in [7, 11) is 0. The summed E-state index contributed by atoms with van der Waals surface area (Å²) in [6, 6.07) is 7.30. The quantitative estimate of drug-likeness (QED) is 0.663. The first kappa shape index (κ1) is 12.9. The van der Waals surface area contributed by atoms with Gasteiger partial charge in [0.15, 0.2) is 0 Å². The van der Waals surface area contributed by atoms with Crippen molar-refractivity contribution in [1.29, 1.82) is 0 Å². The second kappa shape index (κ2) is 5.38. The molecule has 0 amide bonds. The van der Waals surface area contributed by atoms with Crippen LogP contribution in [0.3, 0.4) is 0 Å². The third kappa shape index (κ3) is 2.49. The Morgan fingerprint density at radius 1 is 1.24 bits per heavy atom. The maximum atomic E-state index is 6.20. The topological polar surface area (TPSA) is 38.0 Å². The van der Waals surface area contributed by atoms with Crippen LogP contribution in [-0.4, -0.2) is 0 Å². The van der Waals surface area contributed by atoms with E-state index in [9.17, 15) is 0 Å². The minimum Gasteiger partial charge on any atom is -0.271 e. The number of hydrogen-bond acceptors (Lipinski definition) is 3. The van der Waals surface area contributed by atoms with Crippen molar-refractivity contribution in [3.05, 3.63) is 55.7 Å². The van der Waals surface area contributed by atoms with Crippen LogP contribution in [0, 0.1) is 6.92 Å². The molecule has 0 aliphatic heterocycles. The Bertz CT molecular complexity index is 505. The van der Waals surface area contributed by atoms with Gasteiger partial charge in [-0.1, -0.05) is 29.3 Å². The molecule has 0 saturated heterocycles. The summed E-state index contributed by atoms with van der Waals surface area (Å²) in [5, 5.41) is 3.26.